The molecule has 0 spiro atoms. The number of nitrogens with one attached hydrogen (secondary N) is 1. The van der Waals surface area contributed by atoms with Crippen molar-refractivity contribution in [2.45, 2.75) is 31.7 Å². The van der Waals surface area contributed by atoms with E-state index in [0.717, 1.165) is 31.9 Å². The molecule has 4 heteroatoms. The zero-order chi connectivity index (χ0) is 13.0. The van der Waals surface area contributed by atoms with E-state index < -0.39 is 0 Å². The predicted octanol–water partition coefficient (Wildman–Crippen LogP) is 1.92. The molecule has 2 atom stereocenters. The molecule has 1 N–H and O–H groups in total. The highest BCUT2D eigenvalue weighted by atomic mass is 32.2. The highest BCUT2D eigenvalue weighted by molar-refractivity contribution is 7.99. The molecule has 3 nitrogen and oxygen atoms in total. The average Bonchev–Trinajstić information content (AvgIpc) is 2.84. The van der Waals surface area contributed by atoms with Crippen molar-refractivity contribution >= 4 is 11.8 Å². The minimum Gasteiger partial charge on any atom is -0.314 e. The Labute approximate surface area is 114 Å². The third kappa shape index (κ3) is 3.25. The van der Waals surface area contributed by atoms with Gasteiger partial charge in [-0.05, 0) is 31.9 Å². The molecule has 1 saturated heterocycles. The van der Waals surface area contributed by atoms with Gasteiger partial charge in [0.2, 0.25) is 0 Å². The van der Waals surface area contributed by atoms with E-state index in [-0.39, 0.29) is 0 Å². The van der Waals surface area contributed by atoms with Gasteiger partial charge >= 0.3 is 0 Å². The van der Waals surface area contributed by atoms with Crippen LogP contribution < -0.4 is 5.32 Å². The maximum Gasteiger partial charge on any atom is 0.0547 e. The molecule has 1 aliphatic heterocycles. The number of likely N-dealkylation sites (N-methyl/N-ethyl adjacent to an activating group) is 1. The van der Waals surface area contributed by atoms with Gasteiger partial charge in [0.1, 0.15) is 0 Å². The van der Waals surface area contributed by atoms with Crippen LogP contribution >= 0.6 is 11.8 Å². The van der Waals surface area contributed by atoms with E-state index in [0.29, 0.717) is 11.3 Å². The lowest BCUT2D eigenvalue weighted by Gasteiger charge is -2.30. The summed E-state index contributed by atoms with van der Waals surface area (Å²) < 4.78 is 0. The molecule has 1 aromatic heterocycles. The number of rotatable bonds is 5. The molecule has 2 rings (SSSR count). The van der Waals surface area contributed by atoms with Crippen molar-refractivity contribution in [1.29, 1.82) is 0 Å². The summed E-state index contributed by atoms with van der Waals surface area (Å²) in [5.41, 5.74) is 2.29. The monoisotopic (exact) mass is 265 g/mol. The standard InChI is InChI=1S/C14H23N3S/c1-4-17(13-8-15-9-14(13)18-3)10-12-7-5-6-11(2)16-12/h5-7,13-15H,4,8-10H2,1-3H3. The molecule has 1 aromatic rings. The molecule has 18 heavy (non-hydrogen) atoms. The van der Waals surface area contributed by atoms with Crippen LogP contribution in [0.3, 0.4) is 0 Å². The van der Waals surface area contributed by atoms with Crippen LogP contribution in [-0.2, 0) is 6.54 Å². The Morgan fingerprint density at radius 3 is 2.94 bits per heavy atom. The van der Waals surface area contributed by atoms with Gasteiger partial charge in [0, 0.05) is 36.6 Å². The lowest BCUT2D eigenvalue weighted by molar-refractivity contribution is 0.211. The number of hydrogen-bond donors (Lipinski definition) is 1. The summed E-state index contributed by atoms with van der Waals surface area (Å²) in [7, 11) is 0. The van der Waals surface area contributed by atoms with Crippen LogP contribution in [0.2, 0.25) is 0 Å². The average molecular weight is 265 g/mol. The van der Waals surface area contributed by atoms with Gasteiger partial charge in [0.15, 0.2) is 0 Å². The first-order chi connectivity index (χ1) is 8.74. The van der Waals surface area contributed by atoms with Crippen LogP contribution in [0.5, 0.6) is 0 Å². The summed E-state index contributed by atoms with van der Waals surface area (Å²) in [4.78, 5) is 7.16. The second-order valence-electron chi connectivity index (χ2n) is 4.83. The van der Waals surface area contributed by atoms with Crippen LogP contribution in [0.25, 0.3) is 0 Å². The zero-order valence-corrected chi connectivity index (χ0v) is 12.3. The SMILES string of the molecule is CCN(Cc1cccc(C)n1)C1CNCC1SC. The predicted molar refractivity (Wildman–Crippen MR) is 79.0 cm³/mol. The second-order valence-corrected chi connectivity index (χ2v) is 5.91. The van der Waals surface area contributed by atoms with Crippen LogP contribution in [0.15, 0.2) is 18.2 Å². The first-order valence-corrected chi connectivity index (χ1v) is 7.93. The fourth-order valence-electron chi connectivity index (χ4n) is 2.60. The van der Waals surface area contributed by atoms with Crippen molar-refractivity contribution in [2.75, 3.05) is 25.9 Å². The number of nitrogens with zero attached hydrogens (tertiary/aromatic N) is 2. The van der Waals surface area contributed by atoms with Gasteiger partial charge in [-0.3, -0.25) is 9.88 Å². The molecule has 0 amide bonds. The Balaban J connectivity index is 2.05. The minimum atomic E-state index is 0.632. The molecule has 0 aromatic carbocycles. The molecule has 1 aliphatic rings. The van der Waals surface area contributed by atoms with E-state index in [1.807, 2.05) is 11.8 Å². The highest BCUT2D eigenvalue weighted by Gasteiger charge is 2.30. The van der Waals surface area contributed by atoms with Gasteiger partial charge in [-0.2, -0.15) is 11.8 Å². The molecule has 0 radical (unpaired) electrons. The summed E-state index contributed by atoms with van der Waals surface area (Å²) >= 11 is 1.97. The number of aryl methyl sites for hydroxylation is 1. The van der Waals surface area contributed by atoms with Crippen molar-refractivity contribution in [2.24, 2.45) is 0 Å². The lowest BCUT2D eigenvalue weighted by atomic mass is 10.2. The summed E-state index contributed by atoms with van der Waals surface area (Å²) in [5, 5.41) is 4.21. The first-order valence-electron chi connectivity index (χ1n) is 6.64. The third-order valence-corrected chi connectivity index (χ3v) is 4.70. The molecule has 2 heterocycles. The van der Waals surface area contributed by atoms with Gasteiger partial charge in [0.05, 0.1) is 5.69 Å². The van der Waals surface area contributed by atoms with Crippen molar-refractivity contribution in [3.8, 4) is 0 Å². The largest absolute Gasteiger partial charge is 0.314 e. The quantitative estimate of drug-likeness (QED) is 0.880. The molecule has 1 fully saturated rings. The van der Waals surface area contributed by atoms with E-state index >= 15 is 0 Å². The topological polar surface area (TPSA) is 28.2 Å². The van der Waals surface area contributed by atoms with Crippen LogP contribution in [0.4, 0.5) is 0 Å². The van der Waals surface area contributed by atoms with Crippen molar-refractivity contribution in [3.63, 3.8) is 0 Å². The minimum absolute atomic E-state index is 0.632. The second kappa shape index (κ2) is 6.55. The van der Waals surface area contributed by atoms with Gasteiger partial charge in [-0.1, -0.05) is 13.0 Å². The van der Waals surface area contributed by atoms with E-state index in [1.165, 1.54) is 5.69 Å². The smallest absolute Gasteiger partial charge is 0.0547 e. The van der Waals surface area contributed by atoms with Gasteiger partial charge < -0.3 is 5.32 Å². The number of pyridine rings is 1. The maximum absolute atomic E-state index is 4.61. The summed E-state index contributed by atoms with van der Waals surface area (Å²) in [6.45, 7) is 8.57. The molecular formula is C14H23N3S. The molecular weight excluding hydrogens is 242 g/mol. The maximum atomic E-state index is 4.61. The highest BCUT2D eigenvalue weighted by Crippen LogP contribution is 2.21. The van der Waals surface area contributed by atoms with Crippen molar-refractivity contribution < 1.29 is 0 Å². The summed E-state index contributed by atoms with van der Waals surface area (Å²) in [5.74, 6) is 0. The summed E-state index contributed by atoms with van der Waals surface area (Å²) in [6, 6.07) is 6.92. The van der Waals surface area contributed by atoms with E-state index in [2.05, 4.69) is 53.5 Å². The number of aromatic nitrogens is 1. The zero-order valence-electron chi connectivity index (χ0n) is 11.5. The molecule has 0 saturated carbocycles. The Morgan fingerprint density at radius 1 is 1.44 bits per heavy atom. The van der Waals surface area contributed by atoms with E-state index in [4.69, 9.17) is 0 Å². The van der Waals surface area contributed by atoms with Gasteiger partial charge in [0.25, 0.3) is 0 Å². The Bertz CT molecular complexity index is 383. The Hall–Kier alpha value is -0.580. The molecule has 2 unspecified atom stereocenters. The fourth-order valence-corrected chi connectivity index (χ4v) is 3.47. The normalized spacial score (nSPS) is 23.8. The third-order valence-electron chi connectivity index (χ3n) is 3.62. The number of hydrogen-bond acceptors (Lipinski definition) is 4. The van der Waals surface area contributed by atoms with E-state index in [1.54, 1.807) is 0 Å². The van der Waals surface area contributed by atoms with Crippen LogP contribution in [0, 0.1) is 6.92 Å². The van der Waals surface area contributed by atoms with Crippen molar-refractivity contribution in [3.05, 3.63) is 29.6 Å². The summed E-state index contributed by atoms with van der Waals surface area (Å²) in [6.07, 6.45) is 2.21. The number of thioether (sulfide) groups is 1. The fraction of sp³-hybridized carbons (Fsp3) is 0.643. The van der Waals surface area contributed by atoms with E-state index in [9.17, 15) is 0 Å². The first kappa shape index (κ1) is 13.8. The van der Waals surface area contributed by atoms with Gasteiger partial charge in [-0.15, -0.1) is 0 Å². The molecule has 0 bridgehead atoms. The van der Waals surface area contributed by atoms with Gasteiger partial charge in [-0.25, -0.2) is 0 Å². The molecule has 100 valence electrons. The Kier molecular flexibility index (Phi) is 5.03. The van der Waals surface area contributed by atoms with Crippen LogP contribution in [0.1, 0.15) is 18.3 Å². The van der Waals surface area contributed by atoms with Crippen LogP contribution in [-0.4, -0.2) is 47.1 Å². The van der Waals surface area contributed by atoms with Crippen molar-refractivity contribution in [1.82, 2.24) is 15.2 Å². The lowest BCUT2D eigenvalue weighted by Crippen LogP contribution is -2.41. The molecule has 0 aliphatic carbocycles. The Morgan fingerprint density at radius 2 is 2.28 bits per heavy atom.